The second-order valence-electron chi connectivity index (χ2n) is 34.4. The van der Waals surface area contributed by atoms with E-state index in [1.54, 1.807) is 41.5 Å². The molecule has 0 bridgehead atoms. The summed E-state index contributed by atoms with van der Waals surface area (Å²) in [7, 11) is 4.72. The van der Waals surface area contributed by atoms with Crippen LogP contribution in [-0.4, -0.2) is 238 Å². The van der Waals surface area contributed by atoms with E-state index >= 15 is 24.0 Å². The molecule has 1 fully saturated rings. The van der Waals surface area contributed by atoms with Crippen LogP contribution in [0.15, 0.2) is 12.2 Å². The lowest BCUT2D eigenvalue weighted by Crippen LogP contribution is -2.66. The minimum Gasteiger partial charge on any atom is -0.412 e. The molecule has 0 saturated carbocycles. The van der Waals surface area contributed by atoms with Crippen molar-refractivity contribution in [1.29, 1.82) is 0 Å². The molecular formula is C75H140N10O13Si2. The molecule has 25 heteroatoms. The van der Waals surface area contributed by atoms with Crippen molar-refractivity contribution < 1.29 is 61.6 Å². The van der Waals surface area contributed by atoms with E-state index in [2.05, 4.69) is 49.8 Å². The zero-order chi connectivity index (χ0) is 78.3. The van der Waals surface area contributed by atoms with Gasteiger partial charge < -0.3 is 59.1 Å². The Hall–Kier alpha value is -5.54. The SMILES string of the molecule is C/C=C/C[C@@H](C)[C@@H](O[Si](C)(C)C(C)(C)C)[C@@H]1C(=O)N[C@H]([C@@H](C)O[Si](C)(C)C(C)(C)C)C(=O)N(C)CC(=O)N(C)[C@@H](CC(C)C)C(=O)N[C@H](C(C)C)C(=O)N(C)[C@H](CC(C)C)C(=O)N[C@H](C)C(=O)C[C@@H](C)C(=O)N(C)[C@H](CC(C)C)C(=O)N(C)[C@H](CC(C)C)C(=O)N(C)[C@H](C(C)C)C(=O)N1C. The number of ketones is 1. The monoisotopic (exact) mass is 1450 g/mol. The van der Waals surface area contributed by atoms with E-state index in [-0.39, 0.29) is 60.8 Å². The third kappa shape index (κ3) is 25.4. The van der Waals surface area contributed by atoms with Gasteiger partial charge in [0.25, 0.3) is 0 Å². The van der Waals surface area contributed by atoms with E-state index in [0.29, 0.717) is 6.42 Å². The van der Waals surface area contributed by atoms with Crippen LogP contribution >= 0.6 is 0 Å². The first-order valence-corrected chi connectivity index (χ1v) is 42.5. The Morgan fingerprint density at radius 1 is 0.460 bits per heavy atom. The first-order chi connectivity index (χ1) is 45.5. The first-order valence-electron chi connectivity index (χ1n) is 36.7. The smallest absolute Gasteiger partial charge is 0.248 e. The summed E-state index contributed by atoms with van der Waals surface area (Å²) >= 11 is 0. The Bertz CT molecular complexity index is 2810. The van der Waals surface area contributed by atoms with Gasteiger partial charge in [-0.2, -0.15) is 0 Å². The largest absolute Gasteiger partial charge is 0.412 e. The average molecular weight is 1450 g/mol. The third-order valence-electron chi connectivity index (χ3n) is 20.9. The Morgan fingerprint density at radius 3 is 1.28 bits per heavy atom. The lowest BCUT2D eigenvalue weighted by Gasteiger charge is -2.46. The highest BCUT2D eigenvalue weighted by Crippen LogP contribution is 2.41. The Labute approximate surface area is 606 Å². The van der Waals surface area contributed by atoms with Gasteiger partial charge in [0.15, 0.2) is 22.4 Å². The summed E-state index contributed by atoms with van der Waals surface area (Å²) in [5, 5.41) is 8.03. The Kier molecular flexibility index (Phi) is 35.9. The molecule has 13 atom stereocenters. The molecule has 0 radical (unpaired) electrons. The van der Waals surface area contributed by atoms with Crippen LogP contribution in [0.2, 0.25) is 36.3 Å². The number of nitrogens with zero attached hydrogens (tertiary/aromatic N) is 7. The summed E-state index contributed by atoms with van der Waals surface area (Å²) in [6.45, 7) is 50.8. The van der Waals surface area contributed by atoms with Crippen molar-refractivity contribution in [2.75, 3.05) is 55.9 Å². The molecule has 3 N–H and O–H groups in total. The second kappa shape index (κ2) is 38.8. The summed E-state index contributed by atoms with van der Waals surface area (Å²) in [5.74, 6) is -9.85. The molecule has 0 unspecified atom stereocenters. The highest BCUT2D eigenvalue weighted by Gasteiger charge is 2.51. The molecule has 1 rings (SSSR count). The van der Waals surface area contributed by atoms with Gasteiger partial charge >= 0.3 is 0 Å². The van der Waals surface area contributed by atoms with Crippen molar-refractivity contribution in [3.63, 3.8) is 0 Å². The highest BCUT2D eigenvalue weighted by atomic mass is 28.4. The zero-order valence-electron chi connectivity index (χ0n) is 68.5. The minimum atomic E-state index is -2.89. The van der Waals surface area contributed by atoms with Gasteiger partial charge in [-0.3, -0.25) is 52.7 Å². The molecule has 576 valence electrons. The molecule has 0 aliphatic carbocycles. The van der Waals surface area contributed by atoms with Gasteiger partial charge in [0.05, 0.1) is 24.8 Å². The number of carbonyl (C=O) groups excluding carboxylic acids is 11. The van der Waals surface area contributed by atoms with E-state index in [0.717, 1.165) is 0 Å². The fourth-order valence-corrected chi connectivity index (χ4v) is 15.1. The molecule has 1 saturated heterocycles. The van der Waals surface area contributed by atoms with Crippen LogP contribution in [0.5, 0.6) is 0 Å². The highest BCUT2D eigenvalue weighted by molar-refractivity contribution is 6.74. The normalized spacial score (nSPS) is 25.8. The Morgan fingerprint density at radius 2 is 0.850 bits per heavy atom. The predicted molar refractivity (Wildman–Crippen MR) is 403 cm³/mol. The maximum Gasteiger partial charge on any atom is 0.248 e. The Balaban J connectivity index is 4.84. The van der Waals surface area contributed by atoms with Gasteiger partial charge in [-0.25, -0.2) is 0 Å². The molecule has 0 aromatic carbocycles. The van der Waals surface area contributed by atoms with Crippen molar-refractivity contribution in [1.82, 2.24) is 50.2 Å². The molecule has 1 aliphatic rings. The average Bonchev–Trinajstić information content (AvgIpc) is 0.784. The van der Waals surface area contributed by atoms with Crippen LogP contribution in [0.25, 0.3) is 0 Å². The molecule has 0 aromatic heterocycles. The van der Waals surface area contributed by atoms with Crippen LogP contribution in [0.1, 0.15) is 198 Å². The number of amides is 10. The number of hydrogen-bond acceptors (Lipinski definition) is 13. The number of carbonyl (C=O) groups is 11. The quantitative estimate of drug-likeness (QED) is 0.0805. The zero-order valence-corrected chi connectivity index (χ0v) is 70.5. The summed E-state index contributed by atoms with van der Waals surface area (Å²) in [5.41, 5.74) is 0. The number of nitrogens with one attached hydrogen (secondary N) is 3. The van der Waals surface area contributed by atoms with E-state index in [1.165, 1.54) is 90.6 Å². The molecule has 10 amide bonds. The fraction of sp³-hybridized carbons (Fsp3) is 0.827. The molecule has 0 spiro atoms. The van der Waals surface area contributed by atoms with Gasteiger partial charge in [0.1, 0.15) is 48.3 Å². The summed E-state index contributed by atoms with van der Waals surface area (Å²) in [6, 6.07) is -11.1. The summed E-state index contributed by atoms with van der Waals surface area (Å²) in [4.78, 5) is 176. The molecular weight excluding hydrogens is 1310 g/mol. The van der Waals surface area contributed by atoms with Crippen molar-refractivity contribution in [2.24, 2.45) is 47.3 Å². The molecule has 100 heavy (non-hydrogen) atoms. The van der Waals surface area contributed by atoms with Crippen molar-refractivity contribution in [3.8, 4) is 0 Å². The van der Waals surface area contributed by atoms with Crippen molar-refractivity contribution >= 4 is 81.5 Å². The van der Waals surface area contributed by atoms with Crippen LogP contribution in [0, 0.1) is 47.3 Å². The maximum absolute atomic E-state index is 16.3. The number of Topliss-reactive ketones (excluding diaryl/α,β-unsaturated/α-hetero) is 1. The number of likely N-dealkylation sites (N-methyl/N-ethyl adjacent to an activating group) is 7. The molecule has 1 aliphatic heterocycles. The number of hydrogen-bond donors (Lipinski definition) is 3. The molecule has 23 nitrogen and oxygen atoms in total. The first kappa shape index (κ1) is 92.5. The maximum atomic E-state index is 16.3. The molecule has 0 aromatic rings. The summed E-state index contributed by atoms with van der Waals surface area (Å²) < 4.78 is 14.4. The van der Waals surface area contributed by atoms with Gasteiger partial charge in [-0.15, -0.1) is 0 Å². The van der Waals surface area contributed by atoms with E-state index in [1.807, 2.05) is 115 Å². The predicted octanol–water partition coefficient (Wildman–Crippen LogP) is 9.39. The standard InChI is InChI=1S/C75H140N10O13Si2/c1-35-36-37-50(14)64(98-100(33,34)75(21,22)23)63-67(90)78-61(53(17)97-99(31,32)74(18,19)20)71(94)79(24)43-59(87)80(25)54(38-44(2)3)66(89)77-60(48(10)11)72(95)81(26)55(39-45(4)5)65(88)76-52(16)58(86)42-51(15)68(91)82(27)56(40-46(6)7)69(92)83(28)57(41-47(8)9)70(93)84(29)62(49(12)13)73(96)85(63)30/h35-36,44-57,60-64H,37-43H2,1-34H3,(H,76,88)(H,77,89)(H,78,90)/b36-35+/t50-,51-,52-,53-,54+,55-,56-,57-,60-,61-,62-,63-,64-/m1/s1. The van der Waals surface area contributed by atoms with E-state index < -0.39 is 183 Å². The van der Waals surface area contributed by atoms with Gasteiger partial charge in [0, 0.05) is 61.7 Å². The lowest BCUT2D eigenvalue weighted by atomic mass is 9.91. The van der Waals surface area contributed by atoms with Gasteiger partial charge in [-0.1, -0.05) is 151 Å². The van der Waals surface area contributed by atoms with Crippen LogP contribution in [0.4, 0.5) is 0 Å². The fourth-order valence-electron chi connectivity index (χ4n) is 12.3. The lowest BCUT2D eigenvalue weighted by molar-refractivity contribution is -0.157. The van der Waals surface area contributed by atoms with Crippen molar-refractivity contribution in [3.05, 3.63) is 12.2 Å². The number of rotatable bonds is 19. The minimum absolute atomic E-state index is 0.125. The summed E-state index contributed by atoms with van der Waals surface area (Å²) in [6.07, 6.45) is 2.57. The van der Waals surface area contributed by atoms with Crippen LogP contribution < -0.4 is 16.0 Å². The number of allylic oxidation sites excluding steroid dienone is 2. The van der Waals surface area contributed by atoms with Gasteiger partial charge in [-0.05, 0) is 131 Å². The van der Waals surface area contributed by atoms with E-state index in [4.69, 9.17) is 8.85 Å². The van der Waals surface area contributed by atoms with E-state index in [9.17, 15) is 28.8 Å². The van der Waals surface area contributed by atoms with Crippen molar-refractivity contribution in [2.45, 2.75) is 301 Å². The third-order valence-corrected chi connectivity index (χ3v) is 29.9. The van der Waals surface area contributed by atoms with Crippen LogP contribution in [-0.2, 0) is 61.6 Å². The van der Waals surface area contributed by atoms with Gasteiger partial charge in [0.2, 0.25) is 59.1 Å². The van der Waals surface area contributed by atoms with Crippen LogP contribution in [0.3, 0.4) is 0 Å². The molecule has 1 heterocycles. The second-order valence-corrected chi connectivity index (χ2v) is 43.9. The topological polar surface area (TPSA) is 265 Å².